The monoisotopic (exact) mass is 288 g/mol. The van der Waals surface area contributed by atoms with Gasteiger partial charge in [-0.25, -0.2) is 0 Å². The van der Waals surface area contributed by atoms with E-state index in [1.807, 2.05) is 0 Å². The number of piperazine rings is 1. The van der Waals surface area contributed by atoms with Crippen molar-refractivity contribution in [2.24, 2.45) is 0 Å². The van der Waals surface area contributed by atoms with Crippen LogP contribution in [0, 0.1) is 0 Å². The maximum atomic E-state index is 5.61. The molecule has 0 N–H and O–H groups in total. The van der Waals surface area contributed by atoms with E-state index in [1.165, 1.54) is 69.5 Å². The molecule has 0 radical (unpaired) electrons. The van der Waals surface area contributed by atoms with Gasteiger partial charge in [0.25, 0.3) is 0 Å². The van der Waals surface area contributed by atoms with Gasteiger partial charge in [-0.3, -0.25) is 0 Å². The van der Waals surface area contributed by atoms with Crippen LogP contribution in [-0.2, 0) is 19.3 Å². The Balaban J connectivity index is 1.55. The third-order valence-corrected chi connectivity index (χ3v) is 5.01. The number of nitrogens with zero attached hydrogens (tertiary/aromatic N) is 2. The Morgan fingerprint density at radius 1 is 1.05 bits per heavy atom. The topological polar surface area (TPSA) is 15.7 Å². The molecule has 1 aliphatic heterocycles. The van der Waals surface area contributed by atoms with E-state index in [1.54, 1.807) is 12.7 Å². The third-order valence-electron chi connectivity index (χ3n) is 5.01. The Kier molecular flexibility index (Phi) is 4.81. The number of benzene rings is 1. The second-order valence-corrected chi connectivity index (χ2v) is 6.53. The van der Waals surface area contributed by atoms with Crippen LogP contribution in [0.25, 0.3) is 0 Å². The lowest BCUT2D eigenvalue weighted by atomic mass is 10.0. The van der Waals surface area contributed by atoms with Gasteiger partial charge in [0.1, 0.15) is 5.75 Å². The van der Waals surface area contributed by atoms with Crippen LogP contribution in [0.15, 0.2) is 12.1 Å². The second-order valence-electron chi connectivity index (χ2n) is 6.53. The first kappa shape index (κ1) is 14.9. The lowest BCUT2D eigenvalue weighted by Gasteiger charge is -2.32. The smallest absolute Gasteiger partial charge is 0.122 e. The van der Waals surface area contributed by atoms with Gasteiger partial charge in [-0.15, -0.1) is 0 Å². The van der Waals surface area contributed by atoms with Gasteiger partial charge < -0.3 is 14.5 Å². The van der Waals surface area contributed by atoms with Crippen molar-refractivity contribution in [2.45, 2.75) is 32.1 Å². The maximum Gasteiger partial charge on any atom is 0.122 e. The normalized spacial score (nSPS) is 19.7. The van der Waals surface area contributed by atoms with E-state index in [-0.39, 0.29) is 0 Å². The van der Waals surface area contributed by atoms with Crippen molar-refractivity contribution in [1.82, 2.24) is 9.80 Å². The molecule has 0 unspecified atom stereocenters. The van der Waals surface area contributed by atoms with Crippen molar-refractivity contribution in [3.63, 3.8) is 0 Å². The van der Waals surface area contributed by atoms with Crippen LogP contribution in [-0.4, -0.2) is 56.7 Å². The molecule has 0 atom stereocenters. The van der Waals surface area contributed by atoms with Gasteiger partial charge in [0.15, 0.2) is 0 Å². The third kappa shape index (κ3) is 3.58. The average Bonchev–Trinajstić information content (AvgIpc) is 2.95. The van der Waals surface area contributed by atoms with Gasteiger partial charge in [-0.05, 0) is 68.5 Å². The second kappa shape index (κ2) is 6.80. The van der Waals surface area contributed by atoms with Gasteiger partial charge in [-0.1, -0.05) is 6.07 Å². The zero-order chi connectivity index (χ0) is 14.7. The molecule has 116 valence electrons. The van der Waals surface area contributed by atoms with E-state index in [0.717, 1.165) is 12.2 Å². The van der Waals surface area contributed by atoms with Crippen molar-refractivity contribution in [1.29, 1.82) is 0 Å². The van der Waals surface area contributed by atoms with E-state index in [4.69, 9.17) is 4.74 Å². The van der Waals surface area contributed by atoms with E-state index in [0.29, 0.717) is 0 Å². The molecule has 3 nitrogen and oxygen atoms in total. The zero-order valence-electron chi connectivity index (χ0n) is 13.5. The minimum absolute atomic E-state index is 1.11. The summed E-state index contributed by atoms with van der Waals surface area (Å²) in [7, 11) is 4.02. The van der Waals surface area contributed by atoms with Crippen molar-refractivity contribution < 1.29 is 4.74 Å². The van der Waals surface area contributed by atoms with Crippen molar-refractivity contribution in [3.05, 3.63) is 28.8 Å². The van der Waals surface area contributed by atoms with Crippen molar-refractivity contribution in [2.75, 3.05) is 46.9 Å². The summed E-state index contributed by atoms with van der Waals surface area (Å²) < 4.78 is 5.61. The highest BCUT2D eigenvalue weighted by molar-refractivity contribution is 5.44. The highest BCUT2D eigenvalue weighted by atomic mass is 16.5. The van der Waals surface area contributed by atoms with Crippen LogP contribution in [0.5, 0.6) is 5.75 Å². The van der Waals surface area contributed by atoms with Crippen LogP contribution in [0.3, 0.4) is 0 Å². The molecule has 1 fully saturated rings. The number of ether oxygens (including phenoxy) is 1. The molecule has 1 aliphatic carbocycles. The molecular formula is C18H28N2O. The lowest BCUT2D eigenvalue weighted by Crippen LogP contribution is -2.44. The molecule has 3 heteroatoms. The molecule has 1 heterocycles. The van der Waals surface area contributed by atoms with Crippen LogP contribution >= 0.6 is 0 Å². The molecule has 0 spiro atoms. The van der Waals surface area contributed by atoms with Gasteiger partial charge in [0.05, 0.1) is 7.11 Å². The SMILES string of the molecule is COc1cc2c(cc1CCCN1CCN(C)CC1)CCC2. The van der Waals surface area contributed by atoms with Crippen LogP contribution in [0.2, 0.25) is 0 Å². The summed E-state index contributed by atoms with van der Waals surface area (Å²) >= 11 is 0. The van der Waals surface area contributed by atoms with Gasteiger partial charge in [0.2, 0.25) is 0 Å². The van der Waals surface area contributed by atoms with Crippen molar-refractivity contribution in [3.8, 4) is 5.75 Å². The maximum absolute atomic E-state index is 5.61. The Morgan fingerprint density at radius 2 is 1.76 bits per heavy atom. The number of hydrogen-bond donors (Lipinski definition) is 0. The molecule has 1 aromatic rings. The fourth-order valence-electron chi connectivity index (χ4n) is 3.60. The quantitative estimate of drug-likeness (QED) is 0.827. The summed E-state index contributed by atoms with van der Waals surface area (Å²) in [6.07, 6.45) is 6.17. The van der Waals surface area contributed by atoms with E-state index in [9.17, 15) is 0 Å². The molecule has 0 amide bonds. The number of methoxy groups -OCH3 is 1. The van der Waals surface area contributed by atoms with E-state index in [2.05, 4.69) is 29.0 Å². The Bertz CT molecular complexity index is 478. The summed E-state index contributed by atoms with van der Waals surface area (Å²) in [6, 6.07) is 4.69. The van der Waals surface area contributed by atoms with Crippen molar-refractivity contribution >= 4 is 0 Å². The van der Waals surface area contributed by atoms with Crippen LogP contribution in [0.1, 0.15) is 29.5 Å². The fraction of sp³-hybridized carbons (Fsp3) is 0.667. The van der Waals surface area contributed by atoms with Gasteiger partial charge >= 0.3 is 0 Å². The first-order valence-corrected chi connectivity index (χ1v) is 8.36. The predicted octanol–water partition coefficient (Wildman–Crippen LogP) is 2.36. The number of likely N-dealkylation sites (N-methyl/N-ethyl adjacent to an activating group) is 1. The highest BCUT2D eigenvalue weighted by Crippen LogP contribution is 2.30. The Morgan fingerprint density at radius 3 is 2.48 bits per heavy atom. The molecule has 1 saturated heterocycles. The number of rotatable bonds is 5. The standard InChI is InChI=1S/C18H28N2O/c1-19-9-11-20(12-10-19)8-4-7-17-13-15-5-3-6-16(15)14-18(17)21-2/h13-14H,3-12H2,1-2H3. The summed E-state index contributed by atoms with van der Waals surface area (Å²) in [6.45, 7) is 6.08. The zero-order valence-corrected chi connectivity index (χ0v) is 13.5. The van der Waals surface area contributed by atoms with Gasteiger partial charge in [-0.2, -0.15) is 0 Å². The van der Waals surface area contributed by atoms with Gasteiger partial charge in [0, 0.05) is 26.2 Å². The molecule has 0 aromatic heterocycles. The highest BCUT2D eigenvalue weighted by Gasteiger charge is 2.16. The molecule has 0 saturated carbocycles. The number of fused-ring (bicyclic) bond motifs is 1. The Labute approximate surface area is 128 Å². The van der Waals surface area contributed by atoms with E-state index >= 15 is 0 Å². The fourth-order valence-corrected chi connectivity index (χ4v) is 3.60. The lowest BCUT2D eigenvalue weighted by molar-refractivity contribution is 0.153. The number of aryl methyl sites for hydroxylation is 3. The minimum Gasteiger partial charge on any atom is -0.496 e. The molecule has 1 aromatic carbocycles. The molecular weight excluding hydrogens is 260 g/mol. The summed E-state index contributed by atoms with van der Waals surface area (Å²) in [5, 5.41) is 0. The molecule has 3 rings (SSSR count). The summed E-state index contributed by atoms with van der Waals surface area (Å²) in [5.41, 5.74) is 4.48. The molecule has 2 aliphatic rings. The number of hydrogen-bond acceptors (Lipinski definition) is 3. The summed E-state index contributed by atoms with van der Waals surface area (Å²) in [5.74, 6) is 1.11. The summed E-state index contributed by atoms with van der Waals surface area (Å²) in [4.78, 5) is 5.01. The first-order chi connectivity index (χ1) is 10.3. The van der Waals surface area contributed by atoms with E-state index < -0.39 is 0 Å². The average molecular weight is 288 g/mol. The van der Waals surface area contributed by atoms with Crippen LogP contribution < -0.4 is 4.74 Å². The largest absolute Gasteiger partial charge is 0.496 e. The molecule has 0 bridgehead atoms. The molecule has 21 heavy (non-hydrogen) atoms. The minimum atomic E-state index is 1.11. The van der Waals surface area contributed by atoms with Crippen LogP contribution in [0.4, 0.5) is 0 Å². The first-order valence-electron chi connectivity index (χ1n) is 8.36. The predicted molar refractivity (Wildman–Crippen MR) is 87.3 cm³/mol. The Hall–Kier alpha value is -1.06.